The zero-order valence-corrected chi connectivity index (χ0v) is 11.0. The molecule has 2 aromatic rings. The normalized spacial score (nSPS) is 25.0. The van der Waals surface area contributed by atoms with Gasteiger partial charge < -0.3 is 5.32 Å². The molecule has 1 aliphatic carbocycles. The van der Waals surface area contributed by atoms with Gasteiger partial charge in [-0.05, 0) is 36.3 Å². The lowest BCUT2D eigenvalue weighted by Gasteiger charge is -2.30. The zero-order valence-electron chi connectivity index (χ0n) is 10.1. The van der Waals surface area contributed by atoms with E-state index in [4.69, 9.17) is 0 Å². The highest BCUT2D eigenvalue weighted by atomic mass is 32.1. The maximum atomic E-state index is 4.50. The number of nitrogens with zero attached hydrogens (tertiary/aromatic N) is 1. The predicted octanol–water partition coefficient (Wildman–Crippen LogP) is 4.29. The van der Waals surface area contributed by atoms with Crippen LogP contribution in [0.3, 0.4) is 0 Å². The summed E-state index contributed by atoms with van der Waals surface area (Å²) in [4.78, 5) is 4.50. The van der Waals surface area contributed by atoms with Crippen molar-refractivity contribution in [1.82, 2.24) is 4.98 Å². The highest BCUT2D eigenvalue weighted by molar-refractivity contribution is 7.17. The van der Waals surface area contributed by atoms with Crippen molar-refractivity contribution in [1.29, 1.82) is 0 Å². The molecule has 0 aliphatic heterocycles. The molecule has 0 amide bonds. The van der Waals surface area contributed by atoms with Crippen LogP contribution in [0.15, 0.2) is 23.7 Å². The molecule has 2 nitrogen and oxygen atoms in total. The van der Waals surface area contributed by atoms with E-state index in [2.05, 4.69) is 34.7 Å². The highest BCUT2D eigenvalue weighted by Crippen LogP contribution is 2.30. The topological polar surface area (TPSA) is 24.9 Å². The van der Waals surface area contributed by atoms with Crippen molar-refractivity contribution < 1.29 is 0 Å². The fourth-order valence-corrected chi connectivity index (χ4v) is 3.50. The third-order valence-electron chi connectivity index (χ3n) is 3.81. The Kier molecular flexibility index (Phi) is 3.02. The Morgan fingerprint density at radius 1 is 1.29 bits per heavy atom. The molecule has 3 heteroatoms. The fourth-order valence-electron chi connectivity index (χ4n) is 2.72. The Morgan fingerprint density at radius 2 is 2.18 bits per heavy atom. The molecule has 2 heterocycles. The van der Waals surface area contributed by atoms with Crippen LogP contribution in [-0.4, -0.2) is 11.0 Å². The first kappa shape index (κ1) is 11.0. The van der Waals surface area contributed by atoms with E-state index >= 15 is 0 Å². The summed E-state index contributed by atoms with van der Waals surface area (Å²) in [6, 6.07) is 4.86. The predicted molar refractivity (Wildman–Crippen MR) is 74.7 cm³/mol. The van der Waals surface area contributed by atoms with Crippen LogP contribution in [0.4, 0.5) is 5.82 Å². The molecule has 90 valence electrons. The van der Waals surface area contributed by atoms with E-state index < -0.39 is 0 Å². The Bertz CT molecular complexity index is 506. The SMILES string of the molecule is CC1CCCCC1Nc1nccc2sccc12. The summed E-state index contributed by atoms with van der Waals surface area (Å²) in [6.45, 7) is 2.35. The van der Waals surface area contributed by atoms with Crippen molar-refractivity contribution in [3.05, 3.63) is 23.7 Å². The second-order valence-corrected chi connectivity index (χ2v) is 5.95. The standard InChI is InChI=1S/C14H18N2S/c1-10-4-2-3-5-12(10)16-14-11-7-9-17-13(11)6-8-15-14/h6-10,12H,2-5H2,1H3,(H,15,16). The maximum absolute atomic E-state index is 4.50. The van der Waals surface area contributed by atoms with Gasteiger partial charge in [0.25, 0.3) is 0 Å². The monoisotopic (exact) mass is 246 g/mol. The van der Waals surface area contributed by atoms with E-state index in [1.54, 1.807) is 11.3 Å². The van der Waals surface area contributed by atoms with Crippen molar-refractivity contribution in [3.63, 3.8) is 0 Å². The van der Waals surface area contributed by atoms with E-state index in [0.717, 1.165) is 11.7 Å². The average Bonchev–Trinajstić information content (AvgIpc) is 2.81. The molecule has 1 fully saturated rings. The van der Waals surface area contributed by atoms with Gasteiger partial charge in [-0.25, -0.2) is 4.98 Å². The van der Waals surface area contributed by atoms with Gasteiger partial charge in [0.2, 0.25) is 0 Å². The van der Waals surface area contributed by atoms with Gasteiger partial charge in [-0.3, -0.25) is 0 Å². The molecule has 0 saturated heterocycles. The van der Waals surface area contributed by atoms with Gasteiger partial charge in [-0.1, -0.05) is 19.8 Å². The second-order valence-electron chi connectivity index (χ2n) is 5.00. The summed E-state index contributed by atoms with van der Waals surface area (Å²) >= 11 is 1.78. The summed E-state index contributed by atoms with van der Waals surface area (Å²) in [6.07, 6.45) is 7.27. The molecule has 2 unspecified atom stereocenters. The van der Waals surface area contributed by atoms with Crippen molar-refractivity contribution in [3.8, 4) is 0 Å². The average molecular weight is 246 g/mol. The molecule has 3 rings (SSSR count). The van der Waals surface area contributed by atoms with Crippen LogP contribution < -0.4 is 5.32 Å². The first-order valence-corrected chi connectivity index (χ1v) is 7.31. The van der Waals surface area contributed by atoms with Gasteiger partial charge in [0.1, 0.15) is 5.82 Å². The lowest BCUT2D eigenvalue weighted by Crippen LogP contribution is -2.30. The third kappa shape index (κ3) is 2.16. The lowest BCUT2D eigenvalue weighted by atomic mass is 9.86. The van der Waals surface area contributed by atoms with Gasteiger partial charge in [0.05, 0.1) is 0 Å². The molecule has 0 spiro atoms. The number of hydrogen-bond donors (Lipinski definition) is 1. The quantitative estimate of drug-likeness (QED) is 0.855. The van der Waals surface area contributed by atoms with Crippen LogP contribution in [0.25, 0.3) is 10.1 Å². The summed E-state index contributed by atoms with van der Waals surface area (Å²) in [5.41, 5.74) is 0. The van der Waals surface area contributed by atoms with Gasteiger partial charge in [0.15, 0.2) is 0 Å². The molecular weight excluding hydrogens is 228 g/mol. The van der Waals surface area contributed by atoms with Crippen LogP contribution in [0.2, 0.25) is 0 Å². The van der Waals surface area contributed by atoms with Gasteiger partial charge in [-0.15, -0.1) is 11.3 Å². The van der Waals surface area contributed by atoms with E-state index in [0.29, 0.717) is 6.04 Å². The van der Waals surface area contributed by atoms with E-state index in [-0.39, 0.29) is 0 Å². The Labute approximate surface area is 106 Å². The number of hydrogen-bond acceptors (Lipinski definition) is 3. The van der Waals surface area contributed by atoms with Crippen LogP contribution in [0.5, 0.6) is 0 Å². The molecule has 17 heavy (non-hydrogen) atoms. The number of thiophene rings is 1. The molecule has 1 aliphatic rings. The minimum Gasteiger partial charge on any atom is -0.367 e. The van der Waals surface area contributed by atoms with E-state index in [1.807, 2.05) is 6.20 Å². The number of aromatic nitrogens is 1. The molecule has 0 aromatic carbocycles. The van der Waals surface area contributed by atoms with Crippen LogP contribution in [0, 0.1) is 5.92 Å². The van der Waals surface area contributed by atoms with Crippen LogP contribution in [0.1, 0.15) is 32.6 Å². The number of fused-ring (bicyclic) bond motifs is 1. The summed E-state index contributed by atoms with van der Waals surface area (Å²) in [5.74, 6) is 1.84. The molecule has 0 bridgehead atoms. The van der Waals surface area contributed by atoms with E-state index in [9.17, 15) is 0 Å². The Hall–Kier alpha value is -1.09. The van der Waals surface area contributed by atoms with Crippen LogP contribution in [-0.2, 0) is 0 Å². The molecule has 2 atom stereocenters. The fraction of sp³-hybridized carbons (Fsp3) is 0.500. The molecule has 0 radical (unpaired) electrons. The first-order valence-electron chi connectivity index (χ1n) is 6.43. The molecular formula is C14H18N2S. The Morgan fingerprint density at radius 3 is 3.06 bits per heavy atom. The third-order valence-corrected chi connectivity index (χ3v) is 4.70. The summed E-state index contributed by atoms with van der Waals surface area (Å²) in [5, 5.41) is 7.07. The summed E-state index contributed by atoms with van der Waals surface area (Å²) in [7, 11) is 0. The van der Waals surface area contributed by atoms with Crippen molar-refractivity contribution >= 4 is 27.2 Å². The molecule has 1 saturated carbocycles. The van der Waals surface area contributed by atoms with Gasteiger partial charge in [0, 0.05) is 22.3 Å². The van der Waals surface area contributed by atoms with Gasteiger partial charge >= 0.3 is 0 Å². The second kappa shape index (κ2) is 4.65. The van der Waals surface area contributed by atoms with E-state index in [1.165, 1.54) is 35.8 Å². The maximum Gasteiger partial charge on any atom is 0.134 e. The van der Waals surface area contributed by atoms with Gasteiger partial charge in [-0.2, -0.15) is 0 Å². The minimum absolute atomic E-state index is 0.599. The summed E-state index contributed by atoms with van der Waals surface area (Å²) < 4.78 is 1.32. The number of nitrogens with one attached hydrogen (secondary N) is 1. The first-order chi connectivity index (χ1) is 8.34. The van der Waals surface area contributed by atoms with Crippen molar-refractivity contribution in [2.75, 3.05) is 5.32 Å². The number of pyridine rings is 1. The smallest absolute Gasteiger partial charge is 0.134 e. The minimum atomic E-state index is 0.599. The number of anilines is 1. The lowest BCUT2D eigenvalue weighted by molar-refractivity contribution is 0.349. The molecule has 2 aromatic heterocycles. The van der Waals surface area contributed by atoms with Crippen molar-refractivity contribution in [2.24, 2.45) is 5.92 Å². The largest absolute Gasteiger partial charge is 0.367 e. The van der Waals surface area contributed by atoms with Crippen LogP contribution >= 0.6 is 11.3 Å². The zero-order chi connectivity index (χ0) is 11.7. The highest BCUT2D eigenvalue weighted by Gasteiger charge is 2.21. The Balaban J connectivity index is 1.86. The number of rotatable bonds is 2. The van der Waals surface area contributed by atoms with Crippen molar-refractivity contribution in [2.45, 2.75) is 38.6 Å². The molecule has 1 N–H and O–H groups in total.